The smallest absolute Gasteiger partial charge is 0.268 e. The Morgan fingerprint density at radius 3 is 2.32 bits per heavy atom. The number of piperazine rings is 1. The Morgan fingerprint density at radius 2 is 1.54 bits per heavy atom. The van der Waals surface area contributed by atoms with Gasteiger partial charge in [-0.2, -0.15) is 0 Å². The second-order valence-corrected chi connectivity index (χ2v) is 9.53. The van der Waals surface area contributed by atoms with Gasteiger partial charge in [-0.25, -0.2) is 4.39 Å². The molecular weight excluding hydrogens is 469 g/mol. The minimum absolute atomic E-state index is 0.00303. The lowest BCUT2D eigenvalue weighted by Gasteiger charge is -2.36. The monoisotopic (exact) mass is 503 g/mol. The van der Waals surface area contributed by atoms with Crippen LogP contribution in [0.1, 0.15) is 19.3 Å². The highest BCUT2D eigenvalue weighted by atomic mass is 19.1. The first-order valence-electron chi connectivity index (χ1n) is 13.2. The molecule has 5 rings (SSSR count). The lowest BCUT2D eigenvalue weighted by Crippen LogP contribution is -2.47. The number of hydrogen-bond donors (Lipinski definition) is 0. The van der Waals surface area contributed by atoms with Crippen LogP contribution in [0.2, 0.25) is 0 Å². The van der Waals surface area contributed by atoms with E-state index in [4.69, 9.17) is 9.47 Å². The number of hydrogen-bond acceptors (Lipinski definition) is 5. The molecule has 1 fully saturated rings. The van der Waals surface area contributed by atoms with Gasteiger partial charge in [0, 0.05) is 44.8 Å². The van der Waals surface area contributed by atoms with E-state index in [9.17, 15) is 9.18 Å². The first-order valence-corrected chi connectivity index (χ1v) is 13.2. The van der Waals surface area contributed by atoms with Gasteiger partial charge in [-0.05, 0) is 67.9 Å². The number of halogens is 1. The number of rotatable bonds is 10. The third-order valence-electron chi connectivity index (χ3n) is 7.03. The van der Waals surface area contributed by atoms with E-state index in [1.54, 1.807) is 0 Å². The summed E-state index contributed by atoms with van der Waals surface area (Å²) in [4.78, 5) is 20.0. The molecule has 6 nitrogen and oxygen atoms in total. The molecule has 1 saturated heterocycles. The lowest BCUT2D eigenvalue weighted by atomic mass is 10.1. The summed E-state index contributed by atoms with van der Waals surface area (Å²) in [5.41, 5.74) is 1.93. The van der Waals surface area contributed by atoms with Gasteiger partial charge in [0.1, 0.15) is 17.3 Å². The average molecular weight is 504 g/mol. The van der Waals surface area contributed by atoms with Crippen LogP contribution in [0, 0.1) is 5.82 Å². The molecule has 7 heteroatoms. The highest BCUT2D eigenvalue weighted by molar-refractivity contribution is 6.00. The number of anilines is 2. The number of amides is 1. The summed E-state index contributed by atoms with van der Waals surface area (Å²) < 4.78 is 25.1. The Labute approximate surface area is 218 Å². The van der Waals surface area contributed by atoms with Gasteiger partial charge in [-0.15, -0.1) is 0 Å². The summed E-state index contributed by atoms with van der Waals surface area (Å²) in [5.74, 6) is 1.35. The van der Waals surface area contributed by atoms with E-state index in [1.807, 2.05) is 71.6 Å². The number of unbranched alkanes of at least 4 members (excludes halogenated alkanes) is 1. The zero-order valence-corrected chi connectivity index (χ0v) is 21.1. The zero-order chi connectivity index (χ0) is 25.5. The van der Waals surface area contributed by atoms with Crippen molar-refractivity contribution < 1.29 is 18.7 Å². The molecule has 0 aliphatic carbocycles. The highest BCUT2D eigenvalue weighted by Gasteiger charge is 2.33. The van der Waals surface area contributed by atoms with Crippen LogP contribution in [0.3, 0.4) is 0 Å². The van der Waals surface area contributed by atoms with Crippen molar-refractivity contribution in [2.45, 2.75) is 25.4 Å². The second kappa shape index (κ2) is 12.1. The van der Waals surface area contributed by atoms with Crippen molar-refractivity contribution in [3.8, 4) is 11.5 Å². The Hall–Kier alpha value is -3.58. The molecule has 0 radical (unpaired) electrons. The van der Waals surface area contributed by atoms with E-state index in [2.05, 4.69) is 9.80 Å². The van der Waals surface area contributed by atoms with Crippen molar-refractivity contribution in [1.29, 1.82) is 0 Å². The minimum Gasteiger partial charge on any atom is -0.493 e. The van der Waals surface area contributed by atoms with Crippen LogP contribution in [0.5, 0.6) is 11.5 Å². The van der Waals surface area contributed by atoms with Gasteiger partial charge in [0.25, 0.3) is 5.91 Å². The fourth-order valence-corrected chi connectivity index (χ4v) is 4.98. The number of benzene rings is 3. The van der Waals surface area contributed by atoms with E-state index in [1.165, 1.54) is 12.1 Å². The van der Waals surface area contributed by atoms with Crippen LogP contribution in [-0.2, 0) is 4.79 Å². The molecule has 194 valence electrons. The van der Waals surface area contributed by atoms with Crippen LogP contribution in [-0.4, -0.2) is 62.8 Å². The maximum atomic E-state index is 13.3. The van der Waals surface area contributed by atoms with E-state index < -0.39 is 6.10 Å². The molecular formula is C30H34FN3O3. The predicted octanol–water partition coefficient (Wildman–Crippen LogP) is 4.99. The average Bonchev–Trinajstić information content (AvgIpc) is 2.94. The first-order chi connectivity index (χ1) is 18.2. The molecule has 2 aliphatic rings. The summed E-state index contributed by atoms with van der Waals surface area (Å²) in [6.45, 7) is 5.94. The van der Waals surface area contributed by atoms with Crippen LogP contribution >= 0.6 is 0 Å². The molecule has 37 heavy (non-hydrogen) atoms. The van der Waals surface area contributed by atoms with Gasteiger partial charge in [0.15, 0.2) is 6.10 Å². The molecule has 2 heterocycles. The van der Waals surface area contributed by atoms with Gasteiger partial charge in [-0.1, -0.05) is 30.3 Å². The second-order valence-electron chi connectivity index (χ2n) is 9.53. The summed E-state index contributed by atoms with van der Waals surface area (Å²) in [6, 6.07) is 24.2. The van der Waals surface area contributed by atoms with Crippen LogP contribution < -0.4 is 19.3 Å². The molecule has 0 aromatic heterocycles. The number of fused-ring (bicyclic) bond motifs is 1. The zero-order valence-electron chi connectivity index (χ0n) is 21.1. The van der Waals surface area contributed by atoms with Gasteiger partial charge >= 0.3 is 0 Å². The van der Waals surface area contributed by atoms with Crippen molar-refractivity contribution in [2.75, 3.05) is 55.7 Å². The van der Waals surface area contributed by atoms with E-state index in [0.29, 0.717) is 19.6 Å². The summed E-state index contributed by atoms with van der Waals surface area (Å²) >= 11 is 0. The lowest BCUT2D eigenvalue weighted by molar-refractivity contribution is -0.126. The van der Waals surface area contributed by atoms with E-state index in [-0.39, 0.29) is 11.7 Å². The fraction of sp³-hybridized carbons (Fsp3) is 0.367. The molecule has 0 saturated carbocycles. The van der Waals surface area contributed by atoms with Gasteiger partial charge in [-0.3, -0.25) is 9.69 Å². The fourth-order valence-electron chi connectivity index (χ4n) is 4.98. The van der Waals surface area contributed by atoms with Crippen molar-refractivity contribution in [2.24, 2.45) is 0 Å². The molecule has 3 aromatic rings. The summed E-state index contributed by atoms with van der Waals surface area (Å²) in [7, 11) is 0. The van der Waals surface area contributed by atoms with E-state index >= 15 is 0 Å². The Balaban J connectivity index is 1.09. The molecule has 1 amide bonds. The van der Waals surface area contributed by atoms with Crippen molar-refractivity contribution in [3.05, 3.63) is 84.7 Å². The number of carbonyl (C=O) groups excluding carboxylic acids is 1. The van der Waals surface area contributed by atoms with Crippen LogP contribution in [0.25, 0.3) is 0 Å². The third kappa shape index (κ3) is 6.41. The quantitative estimate of drug-likeness (QED) is 0.365. The maximum Gasteiger partial charge on any atom is 0.268 e. The molecule has 1 unspecified atom stereocenters. The maximum absolute atomic E-state index is 13.3. The van der Waals surface area contributed by atoms with Gasteiger partial charge in [0.2, 0.25) is 0 Å². The van der Waals surface area contributed by atoms with Crippen LogP contribution in [0.4, 0.5) is 15.8 Å². The summed E-state index contributed by atoms with van der Waals surface area (Å²) in [6.07, 6.45) is 1.89. The standard InChI is InChI=1S/C30H34FN3O3/c31-24-12-14-25(15-13-24)33-21-19-32(20-22-33)17-6-7-18-34-27-10-4-5-11-28(27)37-29(30(34)35)16-23-36-26-8-2-1-3-9-26/h1-5,8-15,29H,6-7,16-23H2. The van der Waals surface area contributed by atoms with Crippen molar-refractivity contribution in [3.63, 3.8) is 0 Å². The molecule has 0 bridgehead atoms. The Bertz CT molecular complexity index is 1150. The molecule has 2 aliphatic heterocycles. The molecule has 0 N–H and O–H groups in total. The van der Waals surface area contributed by atoms with Crippen molar-refractivity contribution >= 4 is 17.3 Å². The Morgan fingerprint density at radius 1 is 0.838 bits per heavy atom. The summed E-state index contributed by atoms with van der Waals surface area (Å²) in [5, 5.41) is 0. The number of carbonyl (C=O) groups is 1. The number of nitrogens with zero attached hydrogens (tertiary/aromatic N) is 3. The number of ether oxygens (including phenoxy) is 2. The number of para-hydroxylation sites is 3. The molecule has 0 spiro atoms. The normalized spacial score (nSPS) is 17.9. The SMILES string of the molecule is O=C1C(CCOc2ccccc2)Oc2ccccc2N1CCCCN1CCN(c2ccc(F)cc2)CC1. The largest absolute Gasteiger partial charge is 0.493 e. The molecule has 1 atom stereocenters. The highest BCUT2D eigenvalue weighted by Crippen LogP contribution is 2.34. The minimum atomic E-state index is -0.543. The van der Waals surface area contributed by atoms with E-state index in [0.717, 1.165) is 68.4 Å². The van der Waals surface area contributed by atoms with Gasteiger partial charge < -0.3 is 19.3 Å². The first kappa shape index (κ1) is 25.1. The van der Waals surface area contributed by atoms with Gasteiger partial charge in [0.05, 0.1) is 12.3 Å². The molecule has 3 aromatic carbocycles. The topological polar surface area (TPSA) is 45.3 Å². The Kier molecular flexibility index (Phi) is 8.21. The van der Waals surface area contributed by atoms with Crippen LogP contribution in [0.15, 0.2) is 78.9 Å². The predicted molar refractivity (Wildman–Crippen MR) is 144 cm³/mol. The third-order valence-corrected chi connectivity index (χ3v) is 7.03. The van der Waals surface area contributed by atoms with Crippen molar-refractivity contribution in [1.82, 2.24) is 4.90 Å².